The number of benzene rings is 2. The molecule has 27 heavy (non-hydrogen) atoms. The molecule has 142 valence electrons. The lowest BCUT2D eigenvalue weighted by molar-refractivity contribution is -0.384. The molecule has 8 heteroatoms. The van der Waals surface area contributed by atoms with Crippen molar-refractivity contribution in [3.8, 4) is 0 Å². The smallest absolute Gasteiger partial charge is 0.293 e. The van der Waals surface area contributed by atoms with Crippen molar-refractivity contribution in [3.05, 3.63) is 58.1 Å². The predicted molar refractivity (Wildman–Crippen MR) is 105 cm³/mol. The molecule has 1 amide bonds. The summed E-state index contributed by atoms with van der Waals surface area (Å²) in [6.07, 6.45) is 0. The molecule has 1 aliphatic heterocycles. The van der Waals surface area contributed by atoms with Crippen LogP contribution in [0.25, 0.3) is 0 Å². The Morgan fingerprint density at radius 3 is 2.41 bits per heavy atom. The van der Waals surface area contributed by atoms with E-state index >= 15 is 0 Å². The number of nitrogens with zero attached hydrogens (tertiary/aromatic N) is 3. The number of ether oxygens (including phenoxy) is 1. The van der Waals surface area contributed by atoms with Crippen molar-refractivity contribution in [2.24, 2.45) is 0 Å². The van der Waals surface area contributed by atoms with Gasteiger partial charge in [0.1, 0.15) is 5.69 Å². The van der Waals surface area contributed by atoms with Crippen molar-refractivity contribution < 1.29 is 14.5 Å². The molecule has 3 rings (SSSR count). The third kappa shape index (κ3) is 4.35. The standard InChI is InChI=1S/C19H22N4O4/c1-21(2)17-8-3-14(13-18(17)23(25)26)19(24)20-15-4-6-16(7-5-15)22-9-11-27-12-10-22/h3-8,13H,9-12H2,1-2H3,(H,20,24). The van der Waals surface area contributed by atoms with E-state index in [4.69, 9.17) is 4.74 Å². The van der Waals surface area contributed by atoms with Crippen LogP contribution in [0.5, 0.6) is 0 Å². The zero-order valence-electron chi connectivity index (χ0n) is 15.3. The molecule has 0 radical (unpaired) electrons. The van der Waals surface area contributed by atoms with Gasteiger partial charge in [0.15, 0.2) is 0 Å². The van der Waals surface area contributed by atoms with Gasteiger partial charge in [-0.3, -0.25) is 14.9 Å². The van der Waals surface area contributed by atoms with Crippen LogP contribution in [0, 0.1) is 10.1 Å². The fraction of sp³-hybridized carbons (Fsp3) is 0.316. The number of anilines is 3. The summed E-state index contributed by atoms with van der Waals surface area (Å²) < 4.78 is 5.35. The molecule has 0 aliphatic carbocycles. The number of nitro benzene ring substituents is 1. The van der Waals surface area contributed by atoms with E-state index in [-0.39, 0.29) is 17.2 Å². The molecule has 1 saturated heterocycles. The van der Waals surface area contributed by atoms with Gasteiger partial charge in [-0.15, -0.1) is 0 Å². The molecule has 0 aromatic heterocycles. The molecular weight excluding hydrogens is 348 g/mol. The maximum Gasteiger partial charge on any atom is 0.293 e. The van der Waals surface area contributed by atoms with Gasteiger partial charge in [-0.1, -0.05) is 0 Å². The van der Waals surface area contributed by atoms with E-state index in [9.17, 15) is 14.9 Å². The number of rotatable bonds is 5. The molecule has 1 fully saturated rings. The Balaban J connectivity index is 1.73. The summed E-state index contributed by atoms with van der Waals surface area (Å²) >= 11 is 0. The van der Waals surface area contributed by atoms with Crippen LogP contribution in [-0.2, 0) is 4.74 Å². The Morgan fingerprint density at radius 1 is 1.15 bits per heavy atom. The van der Waals surface area contributed by atoms with Crippen LogP contribution in [0.15, 0.2) is 42.5 Å². The van der Waals surface area contributed by atoms with Crippen LogP contribution in [0.1, 0.15) is 10.4 Å². The summed E-state index contributed by atoms with van der Waals surface area (Å²) in [5, 5.41) is 14.1. The zero-order valence-corrected chi connectivity index (χ0v) is 15.3. The third-order valence-electron chi connectivity index (χ3n) is 4.42. The predicted octanol–water partition coefficient (Wildman–Crippen LogP) is 2.75. The first-order valence-electron chi connectivity index (χ1n) is 8.65. The number of hydrogen-bond acceptors (Lipinski definition) is 6. The van der Waals surface area contributed by atoms with Crippen LogP contribution >= 0.6 is 0 Å². The first-order valence-corrected chi connectivity index (χ1v) is 8.65. The van der Waals surface area contributed by atoms with Gasteiger partial charge in [-0.25, -0.2) is 0 Å². The number of carbonyl (C=O) groups is 1. The topological polar surface area (TPSA) is 88.0 Å². The van der Waals surface area contributed by atoms with E-state index in [0.29, 0.717) is 24.6 Å². The number of nitro groups is 1. The summed E-state index contributed by atoms with van der Waals surface area (Å²) in [6, 6.07) is 12.0. The minimum absolute atomic E-state index is 0.102. The van der Waals surface area contributed by atoms with E-state index in [1.54, 1.807) is 31.1 Å². The highest BCUT2D eigenvalue weighted by atomic mass is 16.6. The SMILES string of the molecule is CN(C)c1ccc(C(=O)Nc2ccc(N3CCOCC3)cc2)cc1[N+](=O)[O-]. The fourth-order valence-electron chi connectivity index (χ4n) is 2.97. The van der Waals surface area contributed by atoms with E-state index < -0.39 is 4.92 Å². The lowest BCUT2D eigenvalue weighted by Crippen LogP contribution is -2.36. The Morgan fingerprint density at radius 2 is 1.81 bits per heavy atom. The molecule has 2 aromatic carbocycles. The number of morpholine rings is 1. The van der Waals surface area contributed by atoms with Crippen LogP contribution in [0.2, 0.25) is 0 Å². The van der Waals surface area contributed by atoms with Crippen LogP contribution < -0.4 is 15.1 Å². The van der Waals surface area contributed by atoms with E-state index in [0.717, 1.165) is 18.8 Å². The quantitative estimate of drug-likeness (QED) is 0.643. The molecule has 0 saturated carbocycles. The van der Waals surface area contributed by atoms with E-state index in [1.165, 1.54) is 6.07 Å². The van der Waals surface area contributed by atoms with Crippen LogP contribution in [-0.4, -0.2) is 51.2 Å². The van der Waals surface area contributed by atoms with Crippen molar-refractivity contribution in [2.75, 3.05) is 55.5 Å². The Hall–Kier alpha value is -3.13. The summed E-state index contributed by atoms with van der Waals surface area (Å²) in [6.45, 7) is 3.10. The first kappa shape index (κ1) is 18.7. The molecule has 2 aromatic rings. The molecule has 8 nitrogen and oxygen atoms in total. The maximum absolute atomic E-state index is 12.5. The summed E-state index contributed by atoms with van der Waals surface area (Å²) in [4.78, 5) is 27.1. The molecule has 0 unspecified atom stereocenters. The molecule has 1 heterocycles. The van der Waals surface area contributed by atoms with Gasteiger partial charge < -0.3 is 19.9 Å². The Bertz CT molecular complexity index is 830. The van der Waals surface area contributed by atoms with Crippen molar-refractivity contribution in [1.29, 1.82) is 0 Å². The molecule has 0 atom stereocenters. The van der Waals surface area contributed by atoms with Crippen LogP contribution in [0.3, 0.4) is 0 Å². The van der Waals surface area contributed by atoms with Gasteiger partial charge in [0.05, 0.1) is 18.1 Å². The second-order valence-corrected chi connectivity index (χ2v) is 6.46. The van der Waals surface area contributed by atoms with Gasteiger partial charge in [-0.2, -0.15) is 0 Å². The minimum atomic E-state index is -0.483. The summed E-state index contributed by atoms with van der Waals surface area (Å²) in [7, 11) is 3.44. The van der Waals surface area contributed by atoms with Crippen LogP contribution in [0.4, 0.5) is 22.7 Å². The molecule has 0 spiro atoms. The fourth-order valence-corrected chi connectivity index (χ4v) is 2.97. The van der Waals surface area contributed by atoms with Gasteiger partial charge in [-0.05, 0) is 36.4 Å². The highest BCUT2D eigenvalue weighted by Gasteiger charge is 2.19. The zero-order chi connectivity index (χ0) is 19.4. The molecule has 1 aliphatic rings. The summed E-state index contributed by atoms with van der Waals surface area (Å²) in [5.41, 5.74) is 2.30. The van der Waals surface area contributed by atoms with Gasteiger partial charge in [0, 0.05) is 50.2 Å². The van der Waals surface area contributed by atoms with Crippen molar-refractivity contribution in [2.45, 2.75) is 0 Å². The second-order valence-electron chi connectivity index (χ2n) is 6.46. The average molecular weight is 370 g/mol. The number of amides is 1. The monoisotopic (exact) mass is 370 g/mol. The summed E-state index contributed by atoms with van der Waals surface area (Å²) in [5.74, 6) is -0.387. The Labute approximate surface area is 157 Å². The first-order chi connectivity index (χ1) is 13.0. The Kier molecular flexibility index (Phi) is 5.56. The van der Waals surface area contributed by atoms with E-state index in [2.05, 4.69) is 10.2 Å². The lowest BCUT2D eigenvalue weighted by Gasteiger charge is -2.28. The van der Waals surface area contributed by atoms with Crippen molar-refractivity contribution >= 4 is 28.7 Å². The van der Waals surface area contributed by atoms with Crippen molar-refractivity contribution in [1.82, 2.24) is 0 Å². The number of hydrogen-bond donors (Lipinski definition) is 1. The highest BCUT2D eigenvalue weighted by molar-refractivity contribution is 6.05. The highest BCUT2D eigenvalue weighted by Crippen LogP contribution is 2.28. The third-order valence-corrected chi connectivity index (χ3v) is 4.42. The maximum atomic E-state index is 12.5. The minimum Gasteiger partial charge on any atom is -0.378 e. The van der Waals surface area contributed by atoms with E-state index in [1.807, 2.05) is 24.3 Å². The average Bonchev–Trinajstić information content (AvgIpc) is 2.68. The number of carbonyl (C=O) groups excluding carboxylic acids is 1. The second kappa shape index (κ2) is 8.05. The lowest BCUT2D eigenvalue weighted by atomic mass is 10.1. The van der Waals surface area contributed by atoms with Gasteiger partial charge in [0.25, 0.3) is 11.6 Å². The largest absolute Gasteiger partial charge is 0.378 e. The van der Waals surface area contributed by atoms with Gasteiger partial charge in [0.2, 0.25) is 0 Å². The van der Waals surface area contributed by atoms with Crippen molar-refractivity contribution in [3.63, 3.8) is 0 Å². The molecular formula is C19H22N4O4. The molecule has 1 N–H and O–H groups in total. The normalized spacial score (nSPS) is 13.9. The van der Waals surface area contributed by atoms with Gasteiger partial charge >= 0.3 is 0 Å². The molecule has 0 bridgehead atoms. The number of nitrogens with one attached hydrogen (secondary N) is 1.